The molecular formula is C21H30N2O2. The molecular weight excluding hydrogens is 312 g/mol. The number of aryl methyl sites for hydroxylation is 1. The van der Waals surface area contributed by atoms with Crippen LogP contribution < -0.4 is 10.5 Å². The van der Waals surface area contributed by atoms with Gasteiger partial charge in [-0.1, -0.05) is 12.1 Å². The predicted octanol–water partition coefficient (Wildman–Crippen LogP) is 3.14. The van der Waals surface area contributed by atoms with Crippen LogP contribution in [-0.4, -0.2) is 36.0 Å². The van der Waals surface area contributed by atoms with Gasteiger partial charge in [0.15, 0.2) is 0 Å². The standard InChI is InChI=1S/C21H30N2O2/c22-20-10-9-16-13-23(14-19(16)20)21(24)11-8-15-4-3-7-18(12-15)25-17-5-1-2-6-17/h3-4,7,12,16-17,19-20H,1-2,5-6,8-11,13-14,22H2. The summed E-state index contributed by atoms with van der Waals surface area (Å²) in [5.41, 5.74) is 7.37. The highest BCUT2D eigenvalue weighted by atomic mass is 16.5. The van der Waals surface area contributed by atoms with Gasteiger partial charge in [0, 0.05) is 25.6 Å². The normalized spacial score (nSPS) is 29.2. The minimum Gasteiger partial charge on any atom is -0.490 e. The van der Waals surface area contributed by atoms with Crippen LogP contribution in [0, 0.1) is 11.8 Å². The summed E-state index contributed by atoms with van der Waals surface area (Å²) < 4.78 is 6.08. The van der Waals surface area contributed by atoms with Crippen LogP contribution in [0.3, 0.4) is 0 Å². The summed E-state index contributed by atoms with van der Waals surface area (Å²) in [7, 11) is 0. The van der Waals surface area contributed by atoms with E-state index in [0.29, 0.717) is 30.4 Å². The molecule has 1 aliphatic heterocycles. The molecule has 2 aliphatic carbocycles. The van der Waals surface area contributed by atoms with Crippen molar-refractivity contribution in [3.63, 3.8) is 0 Å². The van der Waals surface area contributed by atoms with Crippen molar-refractivity contribution in [2.75, 3.05) is 13.1 Å². The lowest BCUT2D eigenvalue weighted by Crippen LogP contribution is -2.33. The maximum absolute atomic E-state index is 12.6. The Balaban J connectivity index is 1.28. The summed E-state index contributed by atoms with van der Waals surface area (Å²) >= 11 is 0. The molecule has 136 valence electrons. The summed E-state index contributed by atoms with van der Waals surface area (Å²) in [4.78, 5) is 14.6. The highest BCUT2D eigenvalue weighted by Crippen LogP contribution is 2.37. The van der Waals surface area contributed by atoms with Gasteiger partial charge in [-0.15, -0.1) is 0 Å². The molecule has 2 N–H and O–H groups in total. The Hall–Kier alpha value is -1.55. The lowest BCUT2D eigenvalue weighted by molar-refractivity contribution is -0.130. The molecule has 3 atom stereocenters. The van der Waals surface area contributed by atoms with E-state index in [1.54, 1.807) is 0 Å². The van der Waals surface area contributed by atoms with E-state index in [4.69, 9.17) is 10.5 Å². The minimum atomic E-state index is 0.281. The molecule has 1 amide bonds. The number of nitrogens with zero attached hydrogens (tertiary/aromatic N) is 1. The Morgan fingerprint density at radius 2 is 2.00 bits per heavy atom. The van der Waals surface area contributed by atoms with Crippen molar-refractivity contribution in [2.45, 2.75) is 63.5 Å². The van der Waals surface area contributed by atoms with Crippen molar-refractivity contribution >= 4 is 5.91 Å². The number of benzene rings is 1. The molecule has 1 aromatic rings. The van der Waals surface area contributed by atoms with Gasteiger partial charge < -0.3 is 15.4 Å². The molecule has 4 rings (SSSR count). The lowest BCUT2D eigenvalue weighted by atomic mass is 9.98. The van der Waals surface area contributed by atoms with Crippen LogP contribution in [0.1, 0.15) is 50.5 Å². The van der Waals surface area contributed by atoms with Crippen LogP contribution in [0.5, 0.6) is 5.75 Å². The molecule has 0 radical (unpaired) electrons. The molecule has 0 bridgehead atoms. The molecule has 3 unspecified atom stereocenters. The Morgan fingerprint density at radius 3 is 2.80 bits per heavy atom. The van der Waals surface area contributed by atoms with Crippen LogP contribution >= 0.6 is 0 Å². The van der Waals surface area contributed by atoms with Crippen molar-refractivity contribution in [1.29, 1.82) is 0 Å². The summed E-state index contributed by atoms with van der Waals surface area (Å²) in [5.74, 6) is 2.41. The number of hydrogen-bond acceptors (Lipinski definition) is 3. The summed E-state index contributed by atoms with van der Waals surface area (Å²) in [6.07, 6.45) is 8.97. The molecule has 1 aromatic carbocycles. The summed E-state index contributed by atoms with van der Waals surface area (Å²) in [6.45, 7) is 1.79. The van der Waals surface area contributed by atoms with E-state index in [2.05, 4.69) is 12.1 Å². The minimum absolute atomic E-state index is 0.281. The fourth-order valence-corrected chi connectivity index (χ4v) is 4.89. The monoisotopic (exact) mass is 342 g/mol. The number of carbonyl (C=O) groups excluding carboxylic acids is 1. The Kier molecular flexibility index (Phi) is 4.98. The van der Waals surface area contributed by atoms with Gasteiger partial charge in [0.05, 0.1) is 6.10 Å². The number of amides is 1. The highest BCUT2D eigenvalue weighted by molar-refractivity contribution is 5.76. The summed E-state index contributed by atoms with van der Waals surface area (Å²) in [6, 6.07) is 8.59. The van der Waals surface area contributed by atoms with Crippen LogP contribution in [0.15, 0.2) is 24.3 Å². The van der Waals surface area contributed by atoms with Gasteiger partial charge in [-0.2, -0.15) is 0 Å². The van der Waals surface area contributed by atoms with Gasteiger partial charge in [0.2, 0.25) is 5.91 Å². The number of rotatable bonds is 5. The van der Waals surface area contributed by atoms with E-state index in [1.807, 2.05) is 17.0 Å². The molecule has 2 saturated carbocycles. The van der Waals surface area contributed by atoms with Crippen molar-refractivity contribution in [3.8, 4) is 5.75 Å². The van der Waals surface area contributed by atoms with Crippen molar-refractivity contribution in [1.82, 2.24) is 4.90 Å². The van der Waals surface area contributed by atoms with Crippen molar-refractivity contribution in [3.05, 3.63) is 29.8 Å². The lowest BCUT2D eigenvalue weighted by Gasteiger charge is -2.19. The number of likely N-dealkylation sites (tertiary alicyclic amines) is 1. The van der Waals surface area contributed by atoms with E-state index >= 15 is 0 Å². The fraction of sp³-hybridized carbons (Fsp3) is 0.667. The molecule has 1 heterocycles. The number of fused-ring (bicyclic) bond motifs is 1. The van der Waals surface area contributed by atoms with E-state index in [-0.39, 0.29) is 5.91 Å². The molecule has 3 fully saturated rings. The van der Waals surface area contributed by atoms with Crippen LogP contribution in [0.25, 0.3) is 0 Å². The average Bonchev–Trinajstić information content (AvgIpc) is 3.33. The van der Waals surface area contributed by atoms with E-state index in [9.17, 15) is 4.79 Å². The first-order valence-electron chi connectivity index (χ1n) is 9.98. The molecule has 4 heteroatoms. The maximum atomic E-state index is 12.6. The van der Waals surface area contributed by atoms with Crippen molar-refractivity contribution in [2.24, 2.45) is 17.6 Å². The van der Waals surface area contributed by atoms with E-state index in [1.165, 1.54) is 37.7 Å². The first kappa shape index (κ1) is 16.9. The first-order valence-corrected chi connectivity index (χ1v) is 9.98. The third-order valence-corrected chi connectivity index (χ3v) is 6.40. The molecule has 25 heavy (non-hydrogen) atoms. The summed E-state index contributed by atoms with van der Waals surface area (Å²) in [5, 5.41) is 0. The van der Waals surface area contributed by atoms with Crippen LogP contribution in [0.2, 0.25) is 0 Å². The number of carbonyl (C=O) groups is 1. The zero-order chi connectivity index (χ0) is 17.2. The quantitative estimate of drug-likeness (QED) is 0.894. The third-order valence-electron chi connectivity index (χ3n) is 6.40. The van der Waals surface area contributed by atoms with Crippen LogP contribution in [0.4, 0.5) is 0 Å². The second-order valence-corrected chi connectivity index (χ2v) is 8.14. The topological polar surface area (TPSA) is 55.6 Å². The average molecular weight is 342 g/mol. The Labute approximate surface area is 150 Å². The smallest absolute Gasteiger partial charge is 0.222 e. The molecule has 1 saturated heterocycles. The van der Waals surface area contributed by atoms with Gasteiger partial charge in [-0.05, 0) is 74.5 Å². The van der Waals surface area contributed by atoms with Gasteiger partial charge in [-0.25, -0.2) is 0 Å². The number of hydrogen-bond donors (Lipinski definition) is 1. The van der Waals surface area contributed by atoms with Gasteiger partial charge in [-0.3, -0.25) is 4.79 Å². The maximum Gasteiger partial charge on any atom is 0.222 e. The van der Waals surface area contributed by atoms with Gasteiger partial charge in [0.25, 0.3) is 0 Å². The van der Waals surface area contributed by atoms with Crippen LogP contribution in [-0.2, 0) is 11.2 Å². The van der Waals surface area contributed by atoms with Crippen molar-refractivity contribution < 1.29 is 9.53 Å². The highest BCUT2D eigenvalue weighted by Gasteiger charge is 2.42. The number of nitrogens with two attached hydrogens (primary N) is 1. The molecule has 3 aliphatic rings. The SMILES string of the molecule is NC1CCC2CN(C(=O)CCc3cccc(OC4CCCC4)c3)CC12. The largest absolute Gasteiger partial charge is 0.490 e. The number of ether oxygens (including phenoxy) is 1. The van der Waals surface area contributed by atoms with E-state index < -0.39 is 0 Å². The molecule has 0 aromatic heterocycles. The second kappa shape index (κ2) is 7.36. The second-order valence-electron chi connectivity index (χ2n) is 8.14. The zero-order valence-corrected chi connectivity index (χ0v) is 15.0. The Morgan fingerprint density at radius 1 is 1.16 bits per heavy atom. The Bertz CT molecular complexity index is 612. The molecule has 4 nitrogen and oxygen atoms in total. The predicted molar refractivity (Wildman–Crippen MR) is 98.4 cm³/mol. The first-order chi connectivity index (χ1) is 12.2. The van der Waals surface area contributed by atoms with Gasteiger partial charge in [0.1, 0.15) is 5.75 Å². The zero-order valence-electron chi connectivity index (χ0n) is 15.0. The van der Waals surface area contributed by atoms with E-state index in [0.717, 1.165) is 31.7 Å². The van der Waals surface area contributed by atoms with Gasteiger partial charge >= 0.3 is 0 Å². The third kappa shape index (κ3) is 3.84. The fourth-order valence-electron chi connectivity index (χ4n) is 4.89. The molecule has 0 spiro atoms.